The Bertz CT molecular complexity index is 223. The highest BCUT2D eigenvalue weighted by Gasteiger charge is 2.36. The standard InChI is InChI=1S/C9H17NO4/c1-9(2,3)14-8(13)10-5-4-6(11)7(10)12/h6-7,11-12H,4-5H2,1-3H3. The minimum absolute atomic E-state index is 0.331. The van der Waals surface area contributed by atoms with Gasteiger partial charge in [0, 0.05) is 6.54 Å². The molecule has 0 saturated carbocycles. The number of amides is 1. The van der Waals surface area contributed by atoms with Crippen LogP contribution in [0, 0.1) is 0 Å². The van der Waals surface area contributed by atoms with Crippen molar-refractivity contribution in [3.63, 3.8) is 0 Å². The van der Waals surface area contributed by atoms with E-state index in [1.807, 2.05) is 0 Å². The van der Waals surface area contributed by atoms with Gasteiger partial charge in [-0.1, -0.05) is 0 Å². The molecular weight excluding hydrogens is 186 g/mol. The average Bonchev–Trinajstić information content (AvgIpc) is 2.29. The van der Waals surface area contributed by atoms with Gasteiger partial charge in [0.15, 0.2) is 6.23 Å². The Morgan fingerprint density at radius 2 is 2.00 bits per heavy atom. The van der Waals surface area contributed by atoms with Gasteiger partial charge in [-0.2, -0.15) is 0 Å². The van der Waals surface area contributed by atoms with Crippen LogP contribution in [0.5, 0.6) is 0 Å². The van der Waals surface area contributed by atoms with Crippen LogP contribution >= 0.6 is 0 Å². The molecule has 1 saturated heterocycles. The quantitative estimate of drug-likeness (QED) is 0.594. The highest BCUT2D eigenvalue weighted by Crippen LogP contribution is 2.19. The summed E-state index contributed by atoms with van der Waals surface area (Å²) in [6.45, 7) is 5.59. The second-order valence-corrected chi connectivity index (χ2v) is 4.44. The predicted octanol–water partition coefficient (Wildman–Crippen LogP) is 0.307. The first-order valence-electron chi connectivity index (χ1n) is 4.67. The van der Waals surface area contributed by atoms with Gasteiger partial charge in [-0.05, 0) is 27.2 Å². The van der Waals surface area contributed by atoms with Crippen LogP contribution in [0.2, 0.25) is 0 Å². The molecule has 1 rings (SSSR count). The second kappa shape index (κ2) is 3.74. The fraction of sp³-hybridized carbons (Fsp3) is 0.889. The Morgan fingerprint density at radius 1 is 1.43 bits per heavy atom. The summed E-state index contributed by atoms with van der Waals surface area (Å²) in [4.78, 5) is 12.6. The van der Waals surface area contributed by atoms with Crippen molar-refractivity contribution >= 4 is 6.09 Å². The fourth-order valence-electron chi connectivity index (χ4n) is 1.28. The third-order valence-corrected chi connectivity index (χ3v) is 1.96. The molecule has 0 bridgehead atoms. The van der Waals surface area contributed by atoms with Crippen molar-refractivity contribution in [2.75, 3.05) is 6.54 Å². The van der Waals surface area contributed by atoms with Crippen molar-refractivity contribution in [2.24, 2.45) is 0 Å². The topological polar surface area (TPSA) is 70.0 Å². The molecule has 2 unspecified atom stereocenters. The maximum Gasteiger partial charge on any atom is 0.412 e. The Morgan fingerprint density at radius 3 is 2.36 bits per heavy atom. The largest absolute Gasteiger partial charge is 0.444 e. The SMILES string of the molecule is CC(C)(C)OC(=O)N1CCC(O)C1O. The first-order valence-corrected chi connectivity index (χ1v) is 4.67. The van der Waals surface area contributed by atoms with Gasteiger partial charge >= 0.3 is 6.09 Å². The smallest absolute Gasteiger partial charge is 0.412 e. The van der Waals surface area contributed by atoms with Crippen molar-refractivity contribution < 1.29 is 19.7 Å². The molecule has 1 fully saturated rings. The van der Waals surface area contributed by atoms with Crippen LogP contribution in [0.1, 0.15) is 27.2 Å². The van der Waals surface area contributed by atoms with Crippen LogP contribution in [0.25, 0.3) is 0 Å². The average molecular weight is 203 g/mol. The number of aliphatic hydroxyl groups is 2. The van der Waals surface area contributed by atoms with E-state index in [4.69, 9.17) is 4.74 Å². The van der Waals surface area contributed by atoms with Gasteiger partial charge in [-0.15, -0.1) is 0 Å². The lowest BCUT2D eigenvalue weighted by Crippen LogP contribution is -2.42. The first kappa shape index (κ1) is 11.3. The van der Waals surface area contributed by atoms with Gasteiger partial charge in [-0.25, -0.2) is 4.79 Å². The molecule has 1 aliphatic heterocycles. The molecule has 2 N–H and O–H groups in total. The fourth-order valence-corrected chi connectivity index (χ4v) is 1.28. The Labute approximate surface area is 83.3 Å². The second-order valence-electron chi connectivity index (χ2n) is 4.44. The normalized spacial score (nSPS) is 27.9. The van der Waals surface area contributed by atoms with Gasteiger partial charge in [0.25, 0.3) is 0 Å². The lowest BCUT2D eigenvalue weighted by atomic mass is 10.2. The third kappa shape index (κ3) is 2.59. The van der Waals surface area contributed by atoms with E-state index in [9.17, 15) is 15.0 Å². The summed E-state index contributed by atoms with van der Waals surface area (Å²) < 4.78 is 5.06. The molecule has 0 aliphatic carbocycles. The van der Waals surface area contributed by atoms with E-state index < -0.39 is 24.0 Å². The number of likely N-dealkylation sites (tertiary alicyclic amines) is 1. The Kier molecular flexibility index (Phi) is 3.01. The summed E-state index contributed by atoms with van der Waals surface area (Å²) in [5.74, 6) is 0. The summed E-state index contributed by atoms with van der Waals surface area (Å²) in [6.07, 6.45) is -2.19. The minimum atomic E-state index is -1.13. The molecule has 5 nitrogen and oxygen atoms in total. The lowest BCUT2D eigenvalue weighted by Gasteiger charge is -2.26. The Balaban J connectivity index is 2.54. The maximum atomic E-state index is 11.4. The van der Waals surface area contributed by atoms with Crippen molar-refractivity contribution in [1.29, 1.82) is 0 Å². The number of hydrogen-bond donors (Lipinski definition) is 2. The summed E-state index contributed by atoms with van der Waals surface area (Å²) >= 11 is 0. The third-order valence-electron chi connectivity index (χ3n) is 1.96. The highest BCUT2D eigenvalue weighted by atomic mass is 16.6. The van der Waals surface area contributed by atoms with Gasteiger partial charge in [-0.3, -0.25) is 4.90 Å². The van der Waals surface area contributed by atoms with Gasteiger partial charge in [0.05, 0.1) is 0 Å². The van der Waals surface area contributed by atoms with E-state index in [2.05, 4.69) is 0 Å². The van der Waals surface area contributed by atoms with Crippen LogP contribution in [0.3, 0.4) is 0 Å². The summed E-state index contributed by atoms with van der Waals surface area (Å²) in [5, 5.41) is 18.6. The van der Waals surface area contributed by atoms with Gasteiger partial charge in [0.1, 0.15) is 11.7 Å². The summed E-state index contributed by atoms with van der Waals surface area (Å²) in [7, 11) is 0. The lowest BCUT2D eigenvalue weighted by molar-refractivity contribution is -0.0485. The number of ether oxygens (including phenoxy) is 1. The van der Waals surface area contributed by atoms with Crippen LogP contribution in [0.4, 0.5) is 4.79 Å². The molecule has 1 heterocycles. The molecule has 82 valence electrons. The number of carbonyl (C=O) groups excluding carboxylic acids is 1. The zero-order valence-corrected chi connectivity index (χ0v) is 8.73. The van der Waals surface area contributed by atoms with E-state index in [0.717, 1.165) is 4.90 Å². The van der Waals surface area contributed by atoms with E-state index in [-0.39, 0.29) is 0 Å². The monoisotopic (exact) mass is 203 g/mol. The van der Waals surface area contributed by atoms with Gasteiger partial charge < -0.3 is 14.9 Å². The molecule has 0 spiro atoms. The van der Waals surface area contributed by atoms with E-state index >= 15 is 0 Å². The molecular formula is C9H17NO4. The maximum absolute atomic E-state index is 11.4. The first-order chi connectivity index (χ1) is 6.31. The zero-order chi connectivity index (χ0) is 10.9. The molecule has 0 radical (unpaired) electrons. The molecule has 0 aromatic carbocycles. The minimum Gasteiger partial charge on any atom is -0.444 e. The van der Waals surface area contributed by atoms with Crippen LogP contribution in [-0.2, 0) is 4.74 Å². The van der Waals surface area contributed by atoms with Crippen molar-refractivity contribution in [2.45, 2.75) is 45.1 Å². The van der Waals surface area contributed by atoms with E-state index in [0.29, 0.717) is 13.0 Å². The molecule has 1 amide bonds. The molecule has 14 heavy (non-hydrogen) atoms. The van der Waals surface area contributed by atoms with E-state index in [1.54, 1.807) is 20.8 Å². The van der Waals surface area contributed by atoms with Crippen molar-refractivity contribution in [1.82, 2.24) is 4.90 Å². The van der Waals surface area contributed by atoms with Crippen LogP contribution in [0.15, 0.2) is 0 Å². The molecule has 0 aromatic heterocycles. The van der Waals surface area contributed by atoms with Gasteiger partial charge in [0.2, 0.25) is 0 Å². The zero-order valence-electron chi connectivity index (χ0n) is 8.73. The van der Waals surface area contributed by atoms with Crippen LogP contribution in [-0.4, -0.2) is 45.7 Å². The number of rotatable bonds is 0. The molecule has 5 heteroatoms. The highest BCUT2D eigenvalue weighted by molar-refractivity contribution is 5.68. The van der Waals surface area contributed by atoms with Crippen LogP contribution < -0.4 is 0 Å². The Hall–Kier alpha value is -0.810. The number of aliphatic hydroxyl groups excluding tert-OH is 2. The van der Waals surface area contributed by atoms with E-state index in [1.165, 1.54) is 0 Å². The van der Waals surface area contributed by atoms with Crippen molar-refractivity contribution in [3.05, 3.63) is 0 Å². The predicted molar refractivity (Wildman–Crippen MR) is 49.6 cm³/mol. The summed E-state index contributed by atoms with van der Waals surface area (Å²) in [5.41, 5.74) is -0.579. The molecule has 0 aromatic rings. The number of carbonyl (C=O) groups is 1. The molecule has 2 atom stereocenters. The van der Waals surface area contributed by atoms with Crippen molar-refractivity contribution in [3.8, 4) is 0 Å². The number of hydrogen-bond acceptors (Lipinski definition) is 4. The number of nitrogens with zero attached hydrogens (tertiary/aromatic N) is 1. The molecule has 1 aliphatic rings. The summed E-state index contributed by atoms with van der Waals surface area (Å²) in [6, 6.07) is 0.